The molecule has 1 aromatic rings. The lowest BCUT2D eigenvalue weighted by Gasteiger charge is -2.16. The molecule has 0 radical (unpaired) electrons. The van der Waals surface area contributed by atoms with Crippen LogP contribution in [0.1, 0.15) is 44.5 Å². The summed E-state index contributed by atoms with van der Waals surface area (Å²) in [6.45, 7) is 6.41. The normalized spacial score (nSPS) is 26.3. The Labute approximate surface area is 89.7 Å². The van der Waals surface area contributed by atoms with Crippen molar-refractivity contribution in [3.05, 3.63) is 23.5 Å². The largest absolute Gasteiger partial charge is 0.155 e. The Morgan fingerprint density at radius 1 is 1.29 bits per heavy atom. The lowest BCUT2D eigenvalue weighted by molar-refractivity contribution is 0.556. The average molecular weight is 211 g/mol. The van der Waals surface area contributed by atoms with Crippen LogP contribution in [-0.4, -0.2) is 15.6 Å². The fourth-order valence-corrected chi connectivity index (χ4v) is 1.73. The van der Waals surface area contributed by atoms with Crippen LogP contribution < -0.4 is 0 Å². The Bertz CT molecular complexity index is 326. The lowest BCUT2D eigenvalue weighted by Crippen LogP contribution is -2.14. The minimum absolute atomic E-state index is 0.0788. The first-order valence-electron chi connectivity index (χ1n) is 4.96. The van der Waals surface area contributed by atoms with Gasteiger partial charge in [-0.15, -0.1) is 11.6 Å². The van der Waals surface area contributed by atoms with Crippen LogP contribution >= 0.6 is 11.6 Å². The lowest BCUT2D eigenvalue weighted by atomic mass is 9.92. The van der Waals surface area contributed by atoms with E-state index in [2.05, 4.69) is 43.1 Å². The molecule has 76 valence electrons. The average Bonchev–Trinajstić information content (AvgIpc) is 2.81. The highest BCUT2D eigenvalue weighted by Crippen LogP contribution is 2.44. The molecule has 0 amide bonds. The van der Waals surface area contributed by atoms with Gasteiger partial charge in [0.15, 0.2) is 0 Å². The number of rotatable bonds is 1. The van der Waals surface area contributed by atoms with E-state index in [1.807, 2.05) is 0 Å². The summed E-state index contributed by atoms with van der Waals surface area (Å²) in [6, 6.07) is 4.12. The van der Waals surface area contributed by atoms with E-state index in [1.54, 1.807) is 0 Å². The number of hydrogen-bond acceptors (Lipinski definition) is 2. The van der Waals surface area contributed by atoms with E-state index in [0.29, 0.717) is 5.92 Å². The van der Waals surface area contributed by atoms with Gasteiger partial charge in [-0.25, -0.2) is 0 Å². The Morgan fingerprint density at radius 2 is 1.93 bits per heavy atom. The van der Waals surface area contributed by atoms with Crippen LogP contribution in [-0.2, 0) is 5.41 Å². The minimum atomic E-state index is 0.0788. The zero-order valence-corrected chi connectivity index (χ0v) is 9.54. The van der Waals surface area contributed by atoms with Crippen LogP contribution in [0, 0.1) is 0 Å². The molecule has 1 aliphatic carbocycles. The standard InChI is InChI=1S/C11H15ClN2/c1-11(2,3)10-5-4-9(13-14-10)7-6-8(7)12/h4-5,7-8H,6H2,1-3H3. The van der Waals surface area contributed by atoms with Gasteiger partial charge in [0.1, 0.15) is 0 Å². The molecular formula is C11H15ClN2. The van der Waals surface area contributed by atoms with Crippen molar-refractivity contribution in [2.75, 3.05) is 0 Å². The third kappa shape index (κ3) is 1.90. The van der Waals surface area contributed by atoms with Crippen LogP contribution in [0.5, 0.6) is 0 Å². The molecule has 3 heteroatoms. The van der Waals surface area contributed by atoms with Crippen LogP contribution in [0.2, 0.25) is 0 Å². The molecule has 2 nitrogen and oxygen atoms in total. The van der Waals surface area contributed by atoms with E-state index in [1.165, 1.54) is 0 Å². The van der Waals surface area contributed by atoms with Gasteiger partial charge in [0, 0.05) is 16.7 Å². The molecule has 0 aromatic carbocycles. The van der Waals surface area contributed by atoms with Gasteiger partial charge in [0.05, 0.1) is 11.4 Å². The molecule has 0 spiro atoms. The molecule has 2 rings (SSSR count). The van der Waals surface area contributed by atoms with Crippen molar-refractivity contribution in [2.45, 2.75) is 43.9 Å². The van der Waals surface area contributed by atoms with Crippen LogP contribution in [0.15, 0.2) is 12.1 Å². The summed E-state index contributed by atoms with van der Waals surface area (Å²) in [4.78, 5) is 0. The predicted octanol–water partition coefficient (Wildman–Crippen LogP) is 2.87. The van der Waals surface area contributed by atoms with E-state index in [0.717, 1.165) is 17.8 Å². The molecule has 1 fully saturated rings. The van der Waals surface area contributed by atoms with Gasteiger partial charge in [-0.1, -0.05) is 20.8 Å². The Balaban J connectivity index is 2.18. The second kappa shape index (κ2) is 3.20. The molecule has 1 aromatic heterocycles. The minimum Gasteiger partial charge on any atom is -0.155 e. The topological polar surface area (TPSA) is 25.8 Å². The Hall–Kier alpha value is -0.630. The first kappa shape index (κ1) is 9.91. The first-order valence-corrected chi connectivity index (χ1v) is 5.40. The highest BCUT2D eigenvalue weighted by Gasteiger charge is 2.38. The SMILES string of the molecule is CC(C)(C)c1ccc(C2CC2Cl)nn1. The fraction of sp³-hybridized carbons (Fsp3) is 0.636. The van der Waals surface area contributed by atoms with Crippen LogP contribution in [0.3, 0.4) is 0 Å². The maximum atomic E-state index is 5.95. The number of nitrogens with zero attached hydrogens (tertiary/aromatic N) is 2. The zero-order chi connectivity index (χ0) is 10.3. The van der Waals surface area contributed by atoms with Crippen molar-refractivity contribution in [2.24, 2.45) is 0 Å². The molecule has 1 saturated carbocycles. The highest BCUT2D eigenvalue weighted by atomic mass is 35.5. The molecule has 0 aliphatic heterocycles. The van der Waals surface area contributed by atoms with Gasteiger partial charge in [-0.3, -0.25) is 0 Å². The first-order chi connectivity index (χ1) is 6.48. The number of alkyl halides is 1. The second-order valence-corrected chi connectivity index (χ2v) is 5.51. The van der Waals surface area contributed by atoms with Gasteiger partial charge >= 0.3 is 0 Å². The molecule has 1 heterocycles. The number of aromatic nitrogens is 2. The number of halogens is 1. The van der Waals surface area contributed by atoms with Gasteiger partial charge in [0.25, 0.3) is 0 Å². The molecule has 0 saturated heterocycles. The van der Waals surface area contributed by atoms with Crippen LogP contribution in [0.4, 0.5) is 0 Å². The van der Waals surface area contributed by atoms with E-state index < -0.39 is 0 Å². The van der Waals surface area contributed by atoms with Gasteiger partial charge < -0.3 is 0 Å². The highest BCUT2D eigenvalue weighted by molar-refractivity contribution is 6.23. The second-order valence-electron chi connectivity index (χ2n) is 4.95. The summed E-state index contributed by atoms with van der Waals surface area (Å²) >= 11 is 5.95. The van der Waals surface area contributed by atoms with Crippen molar-refractivity contribution >= 4 is 11.6 Å². The monoisotopic (exact) mass is 210 g/mol. The van der Waals surface area contributed by atoms with E-state index >= 15 is 0 Å². The third-order valence-electron chi connectivity index (χ3n) is 2.55. The maximum Gasteiger partial charge on any atom is 0.0684 e. The maximum absolute atomic E-state index is 5.95. The summed E-state index contributed by atoms with van der Waals surface area (Å²) in [6.07, 6.45) is 1.05. The summed E-state index contributed by atoms with van der Waals surface area (Å²) in [5, 5.41) is 8.74. The summed E-state index contributed by atoms with van der Waals surface area (Å²) in [7, 11) is 0. The third-order valence-corrected chi connectivity index (χ3v) is 3.03. The van der Waals surface area contributed by atoms with Crippen LogP contribution in [0.25, 0.3) is 0 Å². The van der Waals surface area contributed by atoms with E-state index in [-0.39, 0.29) is 10.8 Å². The number of hydrogen-bond donors (Lipinski definition) is 0. The Kier molecular flexibility index (Phi) is 2.26. The van der Waals surface area contributed by atoms with Crippen molar-refractivity contribution in [1.29, 1.82) is 0 Å². The summed E-state index contributed by atoms with van der Waals surface area (Å²) in [5.74, 6) is 0.443. The molecular weight excluding hydrogens is 196 g/mol. The quantitative estimate of drug-likeness (QED) is 0.667. The predicted molar refractivity (Wildman–Crippen MR) is 57.7 cm³/mol. The van der Waals surface area contributed by atoms with Gasteiger partial charge in [0.2, 0.25) is 0 Å². The van der Waals surface area contributed by atoms with Crippen molar-refractivity contribution in [3.8, 4) is 0 Å². The zero-order valence-electron chi connectivity index (χ0n) is 8.79. The molecule has 14 heavy (non-hydrogen) atoms. The van der Waals surface area contributed by atoms with Crippen molar-refractivity contribution < 1.29 is 0 Å². The smallest absolute Gasteiger partial charge is 0.0684 e. The molecule has 0 bridgehead atoms. The molecule has 2 atom stereocenters. The fourth-order valence-electron chi connectivity index (χ4n) is 1.41. The molecule has 2 unspecified atom stereocenters. The summed E-state index contributed by atoms with van der Waals surface area (Å²) in [5.41, 5.74) is 2.15. The summed E-state index contributed by atoms with van der Waals surface area (Å²) < 4.78 is 0. The van der Waals surface area contributed by atoms with E-state index in [4.69, 9.17) is 11.6 Å². The van der Waals surface area contributed by atoms with Gasteiger partial charge in [-0.05, 0) is 18.6 Å². The molecule has 0 N–H and O–H groups in total. The van der Waals surface area contributed by atoms with E-state index in [9.17, 15) is 0 Å². The Morgan fingerprint density at radius 3 is 2.29 bits per heavy atom. The van der Waals surface area contributed by atoms with Gasteiger partial charge in [-0.2, -0.15) is 10.2 Å². The van der Waals surface area contributed by atoms with Crippen molar-refractivity contribution in [1.82, 2.24) is 10.2 Å². The molecule has 1 aliphatic rings. The van der Waals surface area contributed by atoms with Crippen molar-refractivity contribution in [3.63, 3.8) is 0 Å².